The number of thiophene rings is 1. The molecule has 1 aliphatic heterocycles. The Labute approximate surface area is 129 Å². The van der Waals surface area contributed by atoms with Crippen molar-refractivity contribution < 1.29 is 4.79 Å². The van der Waals surface area contributed by atoms with E-state index in [-0.39, 0.29) is 5.91 Å². The lowest BCUT2D eigenvalue weighted by atomic mass is 9.78. The number of likely N-dealkylation sites (tertiary alicyclic amines) is 1. The van der Waals surface area contributed by atoms with Gasteiger partial charge in [-0.1, -0.05) is 20.3 Å². The minimum Gasteiger partial charge on any atom is -0.399 e. The molecule has 2 heterocycles. The molecular weight excluding hydrogens is 280 g/mol. The SMILES string of the molecule is CCC1(C)CCN(C(=O)c2cc3cc(N)ccc3s2)CC1. The first-order valence-electron chi connectivity index (χ1n) is 7.59. The molecule has 2 aromatic rings. The maximum atomic E-state index is 12.7. The van der Waals surface area contributed by atoms with Crippen LogP contribution < -0.4 is 5.73 Å². The largest absolute Gasteiger partial charge is 0.399 e. The van der Waals surface area contributed by atoms with E-state index in [2.05, 4.69) is 13.8 Å². The summed E-state index contributed by atoms with van der Waals surface area (Å²) in [5.41, 5.74) is 6.96. The van der Waals surface area contributed by atoms with Gasteiger partial charge in [-0.15, -0.1) is 11.3 Å². The van der Waals surface area contributed by atoms with Crippen LogP contribution in [0.3, 0.4) is 0 Å². The van der Waals surface area contributed by atoms with Crippen molar-refractivity contribution in [2.45, 2.75) is 33.1 Å². The van der Waals surface area contributed by atoms with Crippen molar-refractivity contribution in [3.8, 4) is 0 Å². The average Bonchev–Trinajstić information content (AvgIpc) is 2.90. The Balaban J connectivity index is 1.78. The van der Waals surface area contributed by atoms with Gasteiger partial charge in [0.1, 0.15) is 0 Å². The van der Waals surface area contributed by atoms with Crippen LogP contribution in [-0.4, -0.2) is 23.9 Å². The van der Waals surface area contributed by atoms with Crippen LogP contribution in [0.5, 0.6) is 0 Å². The number of nitrogen functional groups attached to an aromatic ring is 1. The zero-order valence-corrected chi connectivity index (χ0v) is 13.5. The Bertz CT molecular complexity index is 668. The molecule has 1 saturated heterocycles. The maximum absolute atomic E-state index is 12.7. The van der Waals surface area contributed by atoms with E-state index < -0.39 is 0 Å². The highest BCUT2D eigenvalue weighted by atomic mass is 32.1. The van der Waals surface area contributed by atoms with Crippen molar-refractivity contribution in [1.29, 1.82) is 0 Å². The number of piperidine rings is 1. The molecule has 0 spiro atoms. The van der Waals surface area contributed by atoms with Gasteiger partial charge < -0.3 is 10.6 Å². The summed E-state index contributed by atoms with van der Waals surface area (Å²) < 4.78 is 1.13. The molecule has 1 aromatic carbocycles. The van der Waals surface area contributed by atoms with Crippen LogP contribution in [0.4, 0.5) is 5.69 Å². The van der Waals surface area contributed by atoms with Gasteiger partial charge in [-0.3, -0.25) is 4.79 Å². The van der Waals surface area contributed by atoms with E-state index in [0.29, 0.717) is 5.41 Å². The summed E-state index contributed by atoms with van der Waals surface area (Å²) in [5.74, 6) is 0.174. The number of nitrogens with zero attached hydrogens (tertiary/aromatic N) is 1. The van der Waals surface area contributed by atoms with Crippen molar-refractivity contribution in [2.75, 3.05) is 18.8 Å². The molecule has 112 valence electrons. The molecule has 0 unspecified atom stereocenters. The van der Waals surface area contributed by atoms with Gasteiger partial charge in [0.25, 0.3) is 5.91 Å². The molecule has 0 aliphatic carbocycles. The Morgan fingerprint density at radius 2 is 2.05 bits per heavy atom. The number of benzene rings is 1. The van der Waals surface area contributed by atoms with Gasteiger partial charge in [0.05, 0.1) is 4.88 Å². The lowest BCUT2D eigenvalue weighted by molar-refractivity contribution is 0.0605. The third-order valence-corrected chi connectivity index (χ3v) is 5.97. The number of carbonyl (C=O) groups excluding carboxylic acids is 1. The minimum absolute atomic E-state index is 0.174. The third-order valence-electron chi connectivity index (χ3n) is 4.86. The first-order valence-corrected chi connectivity index (χ1v) is 8.41. The molecule has 4 heteroatoms. The fraction of sp³-hybridized carbons (Fsp3) is 0.471. The zero-order valence-electron chi connectivity index (χ0n) is 12.7. The van der Waals surface area contributed by atoms with Gasteiger partial charge in [0, 0.05) is 23.5 Å². The van der Waals surface area contributed by atoms with Crippen LogP contribution in [0.25, 0.3) is 10.1 Å². The van der Waals surface area contributed by atoms with Gasteiger partial charge in [0.15, 0.2) is 0 Å². The first kappa shape index (κ1) is 14.4. The van der Waals surface area contributed by atoms with E-state index in [4.69, 9.17) is 5.73 Å². The number of nitrogens with two attached hydrogens (primary N) is 1. The highest BCUT2D eigenvalue weighted by Crippen LogP contribution is 2.35. The van der Waals surface area contributed by atoms with Crippen LogP contribution >= 0.6 is 11.3 Å². The molecule has 0 saturated carbocycles. The van der Waals surface area contributed by atoms with Crippen molar-refractivity contribution in [1.82, 2.24) is 4.90 Å². The Morgan fingerprint density at radius 1 is 1.33 bits per heavy atom. The molecule has 0 bridgehead atoms. The smallest absolute Gasteiger partial charge is 0.263 e. The third kappa shape index (κ3) is 2.77. The number of anilines is 1. The molecule has 1 fully saturated rings. The van der Waals surface area contributed by atoms with Crippen molar-refractivity contribution in [2.24, 2.45) is 5.41 Å². The van der Waals surface area contributed by atoms with Crippen LogP contribution in [0.2, 0.25) is 0 Å². The molecule has 3 rings (SSSR count). The summed E-state index contributed by atoms with van der Waals surface area (Å²) in [7, 11) is 0. The molecule has 0 atom stereocenters. The van der Waals surface area contributed by atoms with E-state index in [0.717, 1.165) is 46.6 Å². The van der Waals surface area contributed by atoms with E-state index >= 15 is 0 Å². The topological polar surface area (TPSA) is 46.3 Å². The van der Waals surface area contributed by atoms with Crippen molar-refractivity contribution in [3.63, 3.8) is 0 Å². The summed E-state index contributed by atoms with van der Waals surface area (Å²) in [6, 6.07) is 7.80. The second kappa shape index (κ2) is 5.34. The van der Waals surface area contributed by atoms with Gasteiger partial charge in [-0.2, -0.15) is 0 Å². The van der Waals surface area contributed by atoms with Crippen LogP contribution in [-0.2, 0) is 0 Å². The van der Waals surface area contributed by atoms with Crippen molar-refractivity contribution >= 4 is 33.0 Å². The quantitative estimate of drug-likeness (QED) is 0.848. The van der Waals surface area contributed by atoms with Crippen molar-refractivity contribution in [3.05, 3.63) is 29.1 Å². The second-order valence-electron chi connectivity index (χ2n) is 6.36. The fourth-order valence-corrected chi connectivity index (χ4v) is 3.94. The maximum Gasteiger partial charge on any atom is 0.263 e. The van der Waals surface area contributed by atoms with Gasteiger partial charge in [-0.05, 0) is 47.9 Å². The number of fused-ring (bicyclic) bond motifs is 1. The van der Waals surface area contributed by atoms with E-state index in [1.807, 2.05) is 29.2 Å². The highest BCUT2D eigenvalue weighted by Gasteiger charge is 2.31. The minimum atomic E-state index is 0.174. The summed E-state index contributed by atoms with van der Waals surface area (Å²) in [4.78, 5) is 15.5. The molecular formula is C17H22N2OS. The number of carbonyl (C=O) groups is 1. The van der Waals surface area contributed by atoms with Gasteiger partial charge in [0.2, 0.25) is 0 Å². The normalized spacial score (nSPS) is 18.1. The number of hydrogen-bond donors (Lipinski definition) is 1. The summed E-state index contributed by atoms with van der Waals surface area (Å²) in [6.45, 7) is 6.32. The monoisotopic (exact) mass is 302 g/mol. The Morgan fingerprint density at radius 3 is 2.71 bits per heavy atom. The molecule has 1 aromatic heterocycles. The molecule has 1 aliphatic rings. The van der Waals surface area contributed by atoms with Crippen LogP contribution in [0, 0.1) is 5.41 Å². The number of amides is 1. The van der Waals surface area contributed by atoms with Crippen LogP contribution in [0.1, 0.15) is 42.8 Å². The number of rotatable bonds is 2. The second-order valence-corrected chi connectivity index (χ2v) is 7.45. The lowest BCUT2D eigenvalue weighted by Crippen LogP contribution is -2.41. The predicted molar refractivity (Wildman–Crippen MR) is 89.8 cm³/mol. The molecule has 1 amide bonds. The fourth-order valence-electron chi connectivity index (χ4n) is 2.93. The molecule has 21 heavy (non-hydrogen) atoms. The summed E-state index contributed by atoms with van der Waals surface area (Å²) in [5, 5.41) is 1.07. The zero-order chi connectivity index (χ0) is 15.0. The standard InChI is InChI=1S/C17H22N2OS/c1-3-17(2)6-8-19(9-7-17)16(20)15-11-12-10-13(18)4-5-14(12)21-15/h4-5,10-11H,3,6-9,18H2,1-2H3. The Kier molecular flexibility index (Phi) is 3.66. The summed E-state index contributed by atoms with van der Waals surface area (Å²) >= 11 is 1.57. The molecule has 0 radical (unpaired) electrons. The van der Waals surface area contributed by atoms with Gasteiger partial charge in [-0.25, -0.2) is 0 Å². The average molecular weight is 302 g/mol. The van der Waals surface area contributed by atoms with Gasteiger partial charge >= 0.3 is 0 Å². The Hall–Kier alpha value is -1.55. The summed E-state index contributed by atoms with van der Waals surface area (Å²) in [6.07, 6.45) is 3.40. The predicted octanol–water partition coefficient (Wildman–Crippen LogP) is 4.14. The molecule has 2 N–H and O–H groups in total. The number of hydrogen-bond acceptors (Lipinski definition) is 3. The van der Waals surface area contributed by atoms with E-state index in [1.165, 1.54) is 6.42 Å². The highest BCUT2D eigenvalue weighted by molar-refractivity contribution is 7.20. The van der Waals surface area contributed by atoms with Crippen LogP contribution in [0.15, 0.2) is 24.3 Å². The molecule has 3 nitrogen and oxygen atoms in total. The lowest BCUT2D eigenvalue weighted by Gasteiger charge is -2.38. The first-order chi connectivity index (χ1) is 10.0. The van der Waals surface area contributed by atoms with E-state index in [1.54, 1.807) is 11.3 Å². The van der Waals surface area contributed by atoms with E-state index in [9.17, 15) is 4.79 Å².